The van der Waals surface area contributed by atoms with Gasteiger partial charge < -0.3 is 14.0 Å². The summed E-state index contributed by atoms with van der Waals surface area (Å²) >= 11 is -2.71. The maximum absolute atomic E-state index is 11.0. The highest BCUT2D eigenvalue weighted by Crippen LogP contribution is 2.16. The van der Waals surface area contributed by atoms with Crippen LogP contribution in [0.1, 0.15) is 0 Å². The molecular formula is C7H9N4O5S-. The predicted molar refractivity (Wildman–Crippen MR) is 56.2 cm³/mol. The van der Waals surface area contributed by atoms with Gasteiger partial charge in [0.1, 0.15) is 0 Å². The predicted octanol–water partition coefficient (Wildman–Crippen LogP) is -0.591. The molecule has 17 heavy (non-hydrogen) atoms. The quantitative estimate of drug-likeness (QED) is 0.693. The van der Waals surface area contributed by atoms with Crippen LogP contribution in [0.2, 0.25) is 0 Å². The van der Waals surface area contributed by atoms with Crippen molar-refractivity contribution in [3.8, 4) is 11.8 Å². The monoisotopic (exact) mass is 261 g/mol. The van der Waals surface area contributed by atoms with Gasteiger partial charge in [0.05, 0.1) is 20.3 Å². The van der Waals surface area contributed by atoms with Gasteiger partial charge in [-0.2, -0.15) is 9.97 Å². The second kappa shape index (κ2) is 5.96. The number of ether oxygens (including phenoxy) is 2. The van der Waals surface area contributed by atoms with Crippen molar-refractivity contribution >= 4 is 23.2 Å². The van der Waals surface area contributed by atoms with Crippen molar-refractivity contribution in [2.75, 3.05) is 19.5 Å². The van der Waals surface area contributed by atoms with E-state index in [1.807, 2.05) is 0 Å². The van der Waals surface area contributed by atoms with Gasteiger partial charge in [-0.15, -0.1) is 0 Å². The molecule has 2 amide bonds. The lowest BCUT2D eigenvalue weighted by molar-refractivity contribution is 0.256. The SMILES string of the molecule is COc1cc(OC)nc(NC(=O)NS(=O)[O-])n1. The van der Waals surface area contributed by atoms with E-state index in [0.29, 0.717) is 0 Å². The van der Waals surface area contributed by atoms with Crippen molar-refractivity contribution in [2.45, 2.75) is 0 Å². The van der Waals surface area contributed by atoms with Crippen LogP contribution in [0.4, 0.5) is 10.7 Å². The number of nitrogens with zero attached hydrogens (tertiary/aromatic N) is 2. The minimum absolute atomic E-state index is 0.149. The largest absolute Gasteiger partial charge is 0.755 e. The van der Waals surface area contributed by atoms with Crippen molar-refractivity contribution in [3.63, 3.8) is 0 Å². The van der Waals surface area contributed by atoms with Gasteiger partial charge in [-0.1, -0.05) is 0 Å². The molecule has 0 aliphatic heterocycles. The zero-order chi connectivity index (χ0) is 12.8. The third-order valence-electron chi connectivity index (χ3n) is 1.50. The maximum Gasteiger partial charge on any atom is 0.332 e. The first-order chi connectivity index (χ1) is 8.05. The van der Waals surface area contributed by atoms with E-state index in [4.69, 9.17) is 9.47 Å². The molecule has 0 aliphatic carbocycles. The number of methoxy groups -OCH3 is 2. The highest BCUT2D eigenvalue weighted by atomic mass is 32.2. The Kier molecular flexibility index (Phi) is 4.60. The Morgan fingerprint density at radius 3 is 2.29 bits per heavy atom. The van der Waals surface area contributed by atoms with E-state index in [0.717, 1.165) is 0 Å². The van der Waals surface area contributed by atoms with Crippen LogP contribution in [0, 0.1) is 0 Å². The molecule has 1 heterocycles. The minimum atomic E-state index is -2.71. The highest BCUT2D eigenvalue weighted by Gasteiger charge is 2.08. The first-order valence-corrected chi connectivity index (χ1v) is 5.26. The van der Waals surface area contributed by atoms with Crippen molar-refractivity contribution < 1.29 is 23.0 Å². The molecule has 0 fully saturated rings. The zero-order valence-corrected chi connectivity index (χ0v) is 9.74. The van der Waals surface area contributed by atoms with Crippen molar-refractivity contribution in [2.24, 2.45) is 0 Å². The summed E-state index contributed by atoms with van der Waals surface area (Å²) in [6.45, 7) is 0. The highest BCUT2D eigenvalue weighted by molar-refractivity contribution is 7.77. The molecule has 1 rings (SSSR count). The lowest BCUT2D eigenvalue weighted by Crippen LogP contribution is -2.30. The molecule has 1 aromatic rings. The van der Waals surface area contributed by atoms with Gasteiger partial charge in [-0.3, -0.25) is 14.2 Å². The van der Waals surface area contributed by atoms with Crippen molar-refractivity contribution in [3.05, 3.63) is 6.07 Å². The number of urea groups is 1. The third kappa shape index (κ3) is 4.20. The summed E-state index contributed by atoms with van der Waals surface area (Å²) in [4.78, 5) is 18.6. The zero-order valence-electron chi connectivity index (χ0n) is 8.92. The second-order valence-electron chi connectivity index (χ2n) is 2.57. The Bertz CT molecular complexity index is 418. The first kappa shape index (κ1) is 13.1. The molecule has 9 nitrogen and oxygen atoms in total. The minimum Gasteiger partial charge on any atom is -0.755 e. The number of carbonyl (C=O) groups excluding carboxylic acids is 1. The van der Waals surface area contributed by atoms with Gasteiger partial charge in [0.25, 0.3) is 0 Å². The van der Waals surface area contributed by atoms with Gasteiger partial charge in [0.15, 0.2) is 0 Å². The Labute approximate surface area is 99.0 Å². The smallest absolute Gasteiger partial charge is 0.332 e. The maximum atomic E-state index is 11.0. The fraction of sp³-hybridized carbons (Fsp3) is 0.286. The first-order valence-electron chi connectivity index (χ1n) is 4.19. The average Bonchev–Trinajstić information content (AvgIpc) is 2.27. The summed E-state index contributed by atoms with van der Waals surface area (Å²) in [5.74, 6) is 0.176. The molecule has 0 bridgehead atoms. The molecule has 0 saturated carbocycles. The number of nitrogens with one attached hydrogen (secondary N) is 2. The van der Waals surface area contributed by atoms with Crippen molar-refractivity contribution in [1.82, 2.24) is 14.7 Å². The topological polar surface area (TPSA) is 126 Å². The van der Waals surface area contributed by atoms with Crippen LogP contribution in [-0.2, 0) is 11.3 Å². The third-order valence-corrected chi connectivity index (χ3v) is 1.85. The summed E-state index contributed by atoms with van der Waals surface area (Å²) in [6.07, 6.45) is 0. The van der Waals surface area contributed by atoms with E-state index < -0.39 is 17.3 Å². The fourth-order valence-corrected chi connectivity index (χ4v) is 1.07. The summed E-state index contributed by atoms with van der Waals surface area (Å²) in [6, 6.07) is 0.406. The molecule has 94 valence electrons. The standard InChI is InChI=1S/C7H10N4O5S/c1-15-4-3-5(16-2)9-6(8-4)10-7(12)11-17(13)14/h3H,1-2H3,(H,13,14)(H2,8,9,10,11,12)/p-1. The van der Waals surface area contributed by atoms with Crippen LogP contribution in [0.15, 0.2) is 6.07 Å². The van der Waals surface area contributed by atoms with E-state index in [-0.39, 0.29) is 17.7 Å². The Hall–Kier alpha value is -1.94. The van der Waals surface area contributed by atoms with E-state index in [1.165, 1.54) is 20.3 Å². The van der Waals surface area contributed by atoms with Crippen LogP contribution >= 0.6 is 0 Å². The molecule has 0 aromatic carbocycles. The lowest BCUT2D eigenvalue weighted by atomic mass is 10.6. The number of rotatable bonds is 4. The summed E-state index contributed by atoms with van der Waals surface area (Å²) in [7, 11) is 2.75. The molecule has 0 spiro atoms. The molecule has 10 heteroatoms. The molecule has 1 atom stereocenters. The van der Waals surface area contributed by atoms with E-state index in [2.05, 4.69) is 15.3 Å². The lowest BCUT2D eigenvalue weighted by Gasteiger charge is -2.09. The van der Waals surface area contributed by atoms with Crippen LogP contribution in [0.5, 0.6) is 11.8 Å². The molecule has 0 aliphatic rings. The molecule has 0 saturated heterocycles. The van der Waals surface area contributed by atoms with Crippen molar-refractivity contribution in [1.29, 1.82) is 0 Å². The molecule has 0 radical (unpaired) electrons. The number of carbonyl (C=O) groups is 1. The van der Waals surface area contributed by atoms with E-state index >= 15 is 0 Å². The van der Waals surface area contributed by atoms with Crippen LogP contribution in [0.25, 0.3) is 0 Å². The van der Waals surface area contributed by atoms with Gasteiger partial charge in [0, 0.05) is 11.3 Å². The number of anilines is 1. The van der Waals surface area contributed by atoms with Gasteiger partial charge in [-0.25, -0.2) is 4.79 Å². The Morgan fingerprint density at radius 1 is 1.35 bits per heavy atom. The number of hydrogen-bond donors (Lipinski definition) is 2. The number of amides is 2. The normalized spacial score (nSPS) is 11.5. The van der Waals surface area contributed by atoms with E-state index in [9.17, 15) is 13.6 Å². The molecule has 1 unspecified atom stereocenters. The van der Waals surface area contributed by atoms with Gasteiger partial charge in [-0.05, 0) is 0 Å². The Morgan fingerprint density at radius 2 is 1.88 bits per heavy atom. The molecular weight excluding hydrogens is 252 g/mol. The van der Waals surface area contributed by atoms with Gasteiger partial charge >= 0.3 is 6.03 Å². The van der Waals surface area contributed by atoms with Crippen LogP contribution in [-0.4, -0.2) is 39.0 Å². The van der Waals surface area contributed by atoms with Crippen LogP contribution in [0.3, 0.4) is 0 Å². The number of hydrogen-bond acceptors (Lipinski definition) is 7. The second-order valence-corrected chi connectivity index (χ2v) is 3.24. The summed E-state index contributed by atoms with van der Waals surface area (Å²) < 4.78 is 31.6. The summed E-state index contributed by atoms with van der Waals surface area (Å²) in [5, 5.41) is 2.10. The van der Waals surface area contributed by atoms with Gasteiger partial charge in [0.2, 0.25) is 17.7 Å². The molecule has 2 N–H and O–H groups in total. The molecule has 1 aromatic heterocycles. The van der Waals surface area contributed by atoms with Crippen LogP contribution < -0.4 is 19.5 Å². The number of aromatic nitrogens is 2. The average molecular weight is 261 g/mol. The van der Waals surface area contributed by atoms with E-state index in [1.54, 1.807) is 4.72 Å². The fourth-order valence-electron chi connectivity index (χ4n) is 0.872. The summed E-state index contributed by atoms with van der Waals surface area (Å²) in [5.41, 5.74) is 0. The Balaban J connectivity index is 2.82.